The van der Waals surface area contributed by atoms with Crippen LogP contribution in [0.3, 0.4) is 0 Å². The van der Waals surface area contributed by atoms with Crippen LogP contribution in [-0.4, -0.2) is 0 Å². The van der Waals surface area contributed by atoms with Crippen LogP contribution < -0.4 is 11.3 Å². The maximum Gasteiger partial charge on any atom is 0.129 e. The molecule has 1 aromatic heterocycles. The fourth-order valence-corrected chi connectivity index (χ4v) is 2.35. The highest BCUT2D eigenvalue weighted by atomic mass is 79.9. The third-order valence-electron chi connectivity index (χ3n) is 2.57. The first-order valence-electron chi connectivity index (χ1n) is 5.13. The quantitative estimate of drug-likeness (QED) is 0.674. The van der Waals surface area contributed by atoms with E-state index in [4.69, 9.17) is 10.3 Å². The van der Waals surface area contributed by atoms with E-state index in [-0.39, 0.29) is 11.9 Å². The van der Waals surface area contributed by atoms with E-state index in [0.29, 0.717) is 16.5 Å². The molecule has 0 aliphatic rings. The van der Waals surface area contributed by atoms with Crippen molar-refractivity contribution in [1.82, 2.24) is 5.43 Å². The molecule has 0 fully saturated rings. The summed E-state index contributed by atoms with van der Waals surface area (Å²) in [5, 5.41) is 0. The van der Waals surface area contributed by atoms with Crippen molar-refractivity contribution < 1.29 is 8.81 Å². The number of hydrogen-bond donors (Lipinski definition) is 2. The lowest BCUT2D eigenvalue weighted by molar-refractivity contribution is 0.503. The van der Waals surface area contributed by atoms with Crippen LogP contribution in [0, 0.1) is 5.82 Å². The van der Waals surface area contributed by atoms with Crippen LogP contribution in [0.2, 0.25) is 0 Å². The lowest BCUT2D eigenvalue weighted by Crippen LogP contribution is -2.30. The molecular weight excluding hydrogens is 287 g/mol. The zero-order valence-electron chi connectivity index (χ0n) is 8.99. The third kappa shape index (κ3) is 2.74. The molecule has 2 aromatic rings. The normalized spacial score (nSPS) is 12.6. The Labute approximate surface area is 107 Å². The molecule has 0 saturated heterocycles. The Balaban J connectivity index is 2.29. The summed E-state index contributed by atoms with van der Waals surface area (Å²) in [5.74, 6) is 5.20. The van der Waals surface area contributed by atoms with Gasteiger partial charge in [0.15, 0.2) is 0 Å². The Kier molecular flexibility index (Phi) is 3.93. The molecule has 17 heavy (non-hydrogen) atoms. The molecule has 2 rings (SSSR count). The Morgan fingerprint density at radius 1 is 1.41 bits per heavy atom. The lowest BCUT2D eigenvalue weighted by Gasteiger charge is -2.17. The van der Waals surface area contributed by atoms with E-state index in [1.165, 1.54) is 6.07 Å². The van der Waals surface area contributed by atoms with Gasteiger partial charge in [-0.05, 0) is 30.2 Å². The molecular formula is C12H12BrFN2O. The van der Waals surface area contributed by atoms with Gasteiger partial charge in [-0.25, -0.2) is 4.39 Å². The second-order valence-electron chi connectivity index (χ2n) is 3.69. The second kappa shape index (κ2) is 5.44. The first-order chi connectivity index (χ1) is 8.22. The Morgan fingerprint density at radius 2 is 2.24 bits per heavy atom. The number of hydrogen-bond acceptors (Lipinski definition) is 3. The van der Waals surface area contributed by atoms with Crippen molar-refractivity contribution in [3.8, 4) is 0 Å². The Morgan fingerprint density at radius 3 is 2.82 bits per heavy atom. The van der Waals surface area contributed by atoms with Crippen LogP contribution in [0.5, 0.6) is 0 Å². The van der Waals surface area contributed by atoms with E-state index in [1.807, 2.05) is 6.07 Å². The van der Waals surface area contributed by atoms with E-state index in [0.717, 1.165) is 5.56 Å². The van der Waals surface area contributed by atoms with Crippen molar-refractivity contribution in [3.05, 3.63) is 58.2 Å². The highest BCUT2D eigenvalue weighted by Crippen LogP contribution is 2.28. The van der Waals surface area contributed by atoms with Gasteiger partial charge in [0.05, 0.1) is 18.6 Å². The van der Waals surface area contributed by atoms with Crippen LogP contribution >= 0.6 is 15.9 Å². The van der Waals surface area contributed by atoms with Crippen LogP contribution in [0.4, 0.5) is 4.39 Å². The number of nitrogens with one attached hydrogen (secondary N) is 1. The first kappa shape index (κ1) is 12.3. The average Bonchev–Trinajstić information content (AvgIpc) is 2.80. The molecule has 0 saturated carbocycles. The van der Waals surface area contributed by atoms with Gasteiger partial charge < -0.3 is 4.42 Å². The van der Waals surface area contributed by atoms with Gasteiger partial charge in [-0.2, -0.15) is 0 Å². The Bertz CT molecular complexity index is 467. The highest BCUT2D eigenvalue weighted by molar-refractivity contribution is 9.10. The van der Waals surface area contributed by atoms with E-state index < -0.39 is 0 Å². The molecule has 0 aliphatic carbocycles. The fraction of sp³-hybridized carbons (Fsp3) is 0.167. The minimum atomic E-state index is -0.303. The largest absolute Gasteiger partial charge is 0.472 e. The van der Waals surface area contributed by atoms with Crippen molar-refractivity contribution in [2.24, 2.45) is 5.84 Å². The van der Waals surface area contributed by atoms with E-state index in [1.54, 1.807) is 24.7 Å². The number of hydrazine groups is 1. The molecule has 3 N–H and O–H groups in total. The molecule has 0 radical (unpaired) electrons. The molecule has 1 unspecified atom stereocenters. The molecule has 1 atom stereocenters. The van der Waals surface area contributed by atoms with Crippen LogP contribution in [0.15, 0.2) is 45.7 Å². The second-order valence-corrected chi connectivity index (χ2v) is 4.54. The highest BCUT2D eigenvalue weighted by Gasteiger charge is 2.18. The summed E-state index contributed by atoms with van der Waals surface area (Å²) in [5.41, 5.74) is 4.11. The van der Waals surface area contributed by atoms with Crippen molar-refractivity contribution in [1.29, 1.82) is 0 Å². The SMILES string of the molecule is NNC(Cc1ccoc1)c1c(F)cccc1Br. The summed E-state index contributed by atoms with van der Waals surface area (Å²) >= 11 is 3.33. The number of rotatable bonds is 4. The number of halogens is 2. The van der Waals surface area contributed by atoms with Gasteiger partial charge in [0, 0.05) is 10.0 Å². The minimum absolute atomic E-state index is 0.286. The molecule has 0 amide bonds. The molecule has 3 nitrogen and oxygen atoms in total. The fourth-order valence-electron chi connectivity index (χ4n) is 1.73. The molecule has 5 heteroatoms. The maximum absolute atomic E-state index is 13.8. The van der Waals surface area contributed by atoms with Gasteiger partial charge in [0.1, 0.15) is 5.82 Å². The third-order valence-corrected chi connectivity index (χ3v) is 3.26. The van der Waals surface area contributed by atoms with Crippen molar-refractivity contribution in [2.75, 3.05) is 0 Å². The van der Waals surface area contributed by atoms with Gasteiger partial charge in [0.2, 0.25) is 0 Å². The van der Waals surface area contributed by atoms with Crippen LogP contribution in [0.25, 0.3) is 0 Å². The summed E-state index contributed by atoms with van der Waals surface area (Å²) in [7, 11) is 0. The van der Waals surface area contributed by atoms with Gasteiger partial charge in [-0.1, -0.05) is 22.0 Å². The molecule has 90 valence electrons. The molecule has 0 aliphatic heterocycles. The topological polar surface area (TPSA) is 51.2 Å². The molecule has 1 heterocycles. The number of benzene rings is 1. The summed E-state index contributed by atoms with van der Waals surface area (Å²) in [4.78, 5) is 0. The van der Waals surface area contributed by atoms with E-state index >= 15 is 0 Å². The van der Waals surface area contributed by atoms with Crippen LogP contribution in [0.1, 0.15) is 17.2 Å². The average molecular weight is 299 g/mol. The predicted octanol–water partition coefficient (Wildman–Crippen LogP) is 2.93. The van der Waals surface area contributed by atoms with E-state index in [9.17, 15) is 4.39 Å². The van der Waals surface area contributed by atoms with Crippen molar-refractivity contribution in [2.45, 2.75) is 12.5 Å². The van der Waals surface area contributed by atoms with Crippen molar-refractivity contribution >= 4 is 15.9 Å². The summed E-state index contributed by atoms with van der Waals surface area (Å²) in [6.07, 6.45) is 3.77. The zero-order chi connectivity index (χ0) is 12.3. The minimum Gasteiger partial charge on any atom is -0.472 e. The lowest BCUT2D eigenvalue weighted by atomic mass is 10.0. The standard InChI is InChI=1S/C12H12BrFN2O/c13-9-2-1-3-10(14)12(9)11(16-15)6-8-4-5-17-7-8/h1-5,7,11,16H,6,15H2. The van der Waals surface area contributed by atoms with Crippen LogP contribution in [-0.2, 0) is 6.42 Å². The molecule has 1 aromatic carbocycles. The Hall–Kier alpha value is -1.17. The van der Waals surface area contributed by atoms with Gasteiger partial charge in [-0.3, -0.25) is 11.3 Å². The smallest absolute Gasteiger partial charge is 0.129 e. The summed E-state index contributed by atoms with van der Waals surface area (Å²) in [6.45, 7) is 0. The zero-order valence-corrected chi connectivity index (χ0v) is 10.6. The summed E-state index contributed by atoms with van der Waals surface area (Å²) in [6, 6.07) is 6.38. The van der Waals surface area contributed by atoms with Gasteiger partial charge in [0.25, 0.3) is 0 Å². The first-order valence-corrected chi connectivity index (χ1v) is 5.92. The molecule has 0 bridgehead atoms. The monoisotopic (exact) mass is 298 g/mol. The van der Waals surface area contributed by atoms with Gasteiger partial charge >= 0.3 is 0 Å². The number of nitrogens with two attached hydrogens (primary N) is 1. The van der Waals surface area contributed by atoms with Crippen molar-refractivity contribution in [3.63, 3.8) is 0 Å². The summed E-state index contributed by atoms with van der Waals surface area (Å²) < 4.78 is 19.4. The number of furan rings is 1. The van der Waals surface area contributed by atoms with E-state index in [2.05, 4.69) is 21.4 Å². The predicted molar refractivity (Wildman–Crippen MR) is 66.6 cm³/mol. The molecule has 0 spiro atoms. The maximum atomic E-state index is 13.8. The van der Waals surface area contributed by atoms with Gasteiger partial charge in [-0.15, -0.1) is 0 Å².